The lowest BCUT2D eigenvalue weighted by Gasteiger charge is -2.16. The molecule has 0 spiro atoms. The molecule has 32 heavy (non-hydrogen) atoms. The highest BCUT2D eigenvalue weighted by Crippen LogP contribution is 2.32. The van der Waals surface area contributed by atoms with Crippen LogP contribution in [0.15, 0.2) is 42.5 Å². The van der Waals surface area contributed by atoms with Crippen LogP contribution in [0.5, 0.6) is 11.5 Å². The first-order chi connectivity index (χ1) is 15.5. The minimum Gasteiger partial charge on any atom is -0.494 e. The Balaban J connectivity index is 1.50. The Morgan fingerprint density at radius 2 is 1.84 bits per heavy atom. The molecule has 3 rings (SSSR count). The predicted molar refractivity (Wildman–Crippen MR) is 120 cm³/mol. The monoisotopic (exact) mass is 456 g/mol. The van der Waals surface area contributed by atoms with Crippen LogP contribution in [0.2, 0.25) is 0 Å². The number of rotatable bonds is 11. The van der Waals surface area contributed by atoms with E-state index in [-0.39, 0.29) is 6.61 Å². The molecule has 9 heteroatoms. The first-order valence-electron chi connectivity index (χ1n) is 10.2. The lowest BCUT2D eigenvalue weighted by atomic mass is 10.1. The standard InChI is InChI=1S/C23H25FN4O3S/c1-23(26,15-29)22-28-27-21(32-22)17-6-9-20(18(12-17)13-24)31-11-3-2-10-30-19-7-4-16(14-25)5-8-19/h4-9,12,29H,2-3,10-11,13,15,26H2,1H3/t23-/m0/s1. The van der Waals surface area contributed by atoms with Crippen LogP contribution in [0.25, 0.3) is 10.6 Å². The van der Waals surface area contributed by atoms with Gasteiger partial charge < -0.3 is 20.3 Å². The number of ether oxygens (including phenoxy) is 2. The number of aromatic nitrogens is 2. The molecule has 0 aliphatic carbocycles. The highest BCUT2D eigenvalue weighted by molar-refractivity contribution is 7.14. The number of unbranched alkanes of at least 4 members (excludes halogenated alkanes) is 1. The second-order valence-corrected chi connectivity index (χ2v) is 8.46. The SMILES string of the molecule is C[C@](N)(CO)c1nnc(-c2ccc(OCCCCOc3ccc(C#N)cc3)c(CF)c2)s1. The Hall–Kier alpha value is -3.06. The molecule has 2 aromatic carbocycles. The number of nitrogens with two attached hydrogens (primary N) is 1. The van der Waals surface area contributed by atoms with Gasteiger partial charge in [0, 0.05) is 11.1 Å². The number of nitrogens with zero attached hydrogens (tertiary/aromatic N) is 3. The fourth-order valence-electron chi connectivity index (χ4n) is 2.80. The number of nitriles is 1. The third-order valence-electron chi connectivity index (χ3n) is 4.74. The van der Waals surface area contributed by atoms with Crippen molar-refractivity contribution >= 4 is 11.3 Å². The molecule has 0 fully saturated rings. The number of halogens is 1. The van der Waals surface area contributed by atoms with Crippen molar-refractivity contribution in [1.82, 2.24) is 10.2 Å². The van der Waals surface area contributed by atoms with Crippen molar-refractivity contribution in [3.63, 3.8) is 0 Å². The summed E-state index contributed by atoms with van der Waals surface area (Å²) in [7, 11) is 0. The van der Waals surface area contributed by atoms with E-state index >= 15 is 0 Å². The lowest BCUT2D eigenvalue weighted by molar-refractivity contribution is 0.209. The van der Waals surface area contributed by atoms with Gasteiger partial charge in [0.25, 0.3) is 0 Å². The minimum atomic E-state index is -0.967. The van der Waals surface area contributed by atoms with E-state index in [1.165, 1.54) is 11.3 Å². The van der Waals surface area contributed by atoms with Crippen molar-refractivity contribution in [3.8, 4) is 28.1 Å². The van der Waals surface area contributed by atoms with Crippen LogP contribution < -0.4 is 15.2 Å². The van der Waals surface area contributed by atoms with Crippen LogP contribution in [0, 0.1) is 11.3 Å². The first-order valence-corrected chi connectivity index (χ1v) is 11.0. The van der Waals surface area contributed by atoms with Gasteiger partial charge in [-0.3, -0.25) is 0 Å². The third-order valence-corrected chi connectivity index (χ3v) is 5.99. The van der Waals surface area contributed by atoms with Crippen LogP contribution in [-0.2, 0) is 12.2 Å². The fraction of sp³-hybridized carbons (Fsp3) is 0.348. The Morgan fingerprint density at radius 1 is 1.12 bits per heavy atom. The summed E-state index contributed by atoms with van der Waals surface area (Å²) in [6.07, 6.45) is 1.53. The summed E-state index contributed by atoms with van der Waals surface area (Å²) >= 11 is 1.27. The van der Waals surface area contributed by atoms with E-state index in [0.29, 0.717) is 45.9 Å². The maximum Gasteiger partial charge on any atom is 0.147 e. The van der Waals surface area contributed by atoms with E-state index in [2.05, 4.69) is 16.3 Å². The van der Waals surface area contributed by atoms with Crippen LogP contribution in [0.3, 0.4) is 0 Å². The average molecular weight is 457 g/mol. The Bertz CT molecular complexity index is 1060. The number of aliphatic hydroxyl groups excluding tert-OH is 1. The fourth-order valence-corrected chi connectivity index (χ4v) is 3.69. The molecular weight excluding hydrogens is 431 g/mol. The molecule has 0 bridgehead atoms. The van der Waals surface area contributed by atoms with Crippen LogP contribution in [0.1, 0.15) is 35.9 Å². The average Bonchev–Trinajstić information content (AvgIpc) is 3.33. The number of alkyl halides is 1. The summed E-state index contributed by atoms with van der Waals surface area (Å²) in [5, 5.41) is 27.5. The third kappa shape index (κ3) is 6.01. The molecule has 3 N–H and O–H groups in total. The topological polar surface area (TPSA) is 114 Å². The molecule has 168 valence electrons. The first kappa shape index (κ1) is 23.6. The molecule has 1 atom stereocenters. The van der Waals surface area contributed by atoms with Gasteiger partial charge in [-0.2, -0.15) is 5.26 Å². The van der Waals surface area contributed by atoms with Gasteiger partial charge in [0.1, 0.15) is 28.2 Å². The molecule has 0 unspecified atom stereocenters. The molecule has 0 aliphatic heterocycles. The number of hydrogen-bond donors (Lipinski definition) is 2. The van der Waals surface area contributed by atoms with Gasteiger partial charge in [-0.15, -0.1) is 10.2 Å². The van der Waals surface area contributed by atoms with E-state index < -0.39 is 12.2 Å². The predicted octanol–water partition coefficient (Wildman–Crippen LogP) is 3.95. The largest absolute Gasteiger partial charge is 0.494 e. The minimum absolute atomic E-state index is 0.247. The van der Waals surface area contributed by atoms with E-state index in [4.69, 9.17) is 20.5 Å². The lowest BCUT2D eigenvalue weighted by Crippen LogP contribution is -2.36. The zero-order chi connectivity index (χ0) is 23.0. The molecule has 3 aromatic rings. The molecular formula is C23H25FN4O3S. The molecule has 0 amide bonds. The number of benzene rings is 2. The van der Waals surface area contributed by atoms with Crippen molar-refractivity contribution in [3.05, 3.63) is 58.6 Å². The Kier molecular flexibility index (Phi) is 8.11. The van der Waals surface area contributed by atoms with Gasteiger partial charge in [-0.25, -0.2) is 4.39 Å². The number of hydrogen-bond acceptors (Lipinski definition) is 8. The van der Waals surface area contributed by atoms with Gasteiger partial charge in [0.15, 0.2) is 0 Å². The summed E-state index contributed by atoms with van der Waals surface area (Å²) in [6.45, 7) is 1.73. The van der Waals surface area contributed by atoms with Crippen molar-refractivity contribution in [2.75, 3.05) is 19.8 Å². The van der Waals surface area contributed by atoms with Crippen molar-refractivity contribution in [2.24, 2.45) is 5.73 Å². The number of aliphatic hydroxyl groups is 1. The van der Waals surface area contributed by atoms with E-state index in [1.54, 1.807) is 49.4 Å². The second kappa shape index (κ2) is 11.0. The molecule has 0 radical (unpaired) electrons. The maximum atomic E-state index is 13.6. The molecule has 1 aromatic heterocycles. The van der Waals surface area contributed by atoms with Crippen molar-refractivity contribution in [2.45, 2.75) is 32.0 Å². The zero-order valence-corrected chi connectivity index (χ0v) is 18.6. The van der Waals surface area contributed by atoms with Gasteiger partial charge in [0.2, 0.25) is 0 Å². The summed E-state index contributed by atoms with van der Waals surface area (Å²) in [5.41, 5.74) is 6.78. The molecule has 0 saturated heterocycles. The highest BCUT2D eigenvalue weighted by Gasteiger charge is 2.25. The van der Waals surface area contributed by atoms with Crippen LogP contribution in [-0.4, -0.2) is 35.1 Å². The van der Waals surface area contributed by atoms with Crippen LogP contribution in [0.4, 0.5) is 4.39 Å². The van der Waals surface area contributed by atoms with E-state index in [0.717, 1.165) is 18.4 Å². The van der Waals surface area contributed by atoms with Crippen molar-refractivity contribution in [1.29, 1.82) is 5.26 Å². The van der Waals surface area contributed by atoms with Gasteiger partial charge in [0.05, 0.1) is 37.0 Å². The second-order valence-electron chi connectivity index (χ2n) is 7.48. The smallest absolute Gasteiger partial charge is 0.147 e. The highest BCUT2D eigenvalue weighted by atomic mass is 32.1. The van der Waals surface area contributed by atoms with Gasteiger partial charge in [-0.1, -0.05) is 11.3 Å². The zero-order valence-electron chi connectivity index (χ0n) is 17.8. The molecule has 7 nitrogen and oxygen atoms in total. The molecule has 0 saturated carbocycles. The van der Waals surface area contributed by atoms with Crippen molar-refractivity contribution < 1.29 is 19.0 Å². The molecule has 1 heterocycles. The van der Waals surface area contributed by atoms with Crippen LogP contribution >= 0.6 is 11.3 Å². The Labute approximate surface area is 190 Å². The summed E-state index contributed by atoms with van der Waals surface area (Å²) in [6, 6.07) is 14.3. The van der Waals surface area contributed by atoms with Gasteiger partial charge in [-0.05, 0) is 62.2 Å². The summed E-state index contributed by atoms with van der Waals surface area (Å²) < 4.78 is 25.0. The quantitative estimate of drug-likeness (QED) is 0.420. The van der Waals surface area contributed by atoms with Gasteiger partial charge >= 0.3 is 0 Å². The normalized spacial score (nSPS) is 12.7. The Morgan fingerprint density at radius 3 is 2.50 bits per heavy atom. The van der Waals surface area contributed by atoms with E-state index in [1.807, 2.05) is 0 Å². The summed E-state index contributed by atoms with van der Waals surface area (Å²) in [4.78, 5) is 0. The summed E-state index contributed by atoms with van der Waals surface area (Å²) in [5.74, 6) is 1.21. The maximum absolute atomic E-state index is 13.6. The molecule has 0 aliphatic rings. The van der Waals surface area contributed by atoms with E-state index in [9.17, 15) is 9.50 Å².